The highest BCUT2D eigenvalue weighted by atomic mass is 16.5. The minimum atomic E-state index is -0.386. The molecule has 2 N–H and O–H groups in total. The second kappa shape index (κ2) is 5.50. The Hall–Kier alpha value is -0.570. The molecule has 0 bridgehead atoms. The lowest BCUT2D eigenvalue weighted by Crippen LogP contribution is -2.48. The van der Waals surface area contributed by atoms with Crippen molar-refractivity contribution in [2.45, 2.75) is 46.0 Å². The summed E-state index contributed by atoms with van der Waals surface area (Å²) in [7, 11) is 0. The van der Waals surface area contributed by atoms with E-state index in [0.29, 0.717) is 19.1 Å². The van der Waals surface area contributed by atoms with E-state index in [2.05, 4.69) is 6.92 Å². The van der Waals surface area contributed by atoms with Crippen molar-refractivity contribution in [1.29, 1.82) is 0 Å². The second-order valence-electron chi connectivity index (χ2n) is 4.46. The first-order valence-electron chi connectivity index (χ1n) is 6.08. The molecule has 3 nitrogen and oxygen atoms in total. The van der Waals surface area contributed by atoms with Crippen molar-refractivity contribution in [1.82, 2.24) is 0 Å². The highest BCUT2D eigenvalue weighted by Gasteiger charge is 2.47. The maximum Gasteiger partial charge on any atom is 0.313 e. The monoisotopic (exact) mass is 213 g/mol. The number of esters is 1. The number of hydrogen-bond donors (Lipinski definition) is 1. The lowest BCUT2D eigenvalue weighted by Gasteiger charge is -2.42. The summed E-state index contributed by atoms with van der Waals surface area (Å²) in [6.45, 7) is 4.84. The molecule has 88 valence electrons. The largest absolute Gasteiger partial charge is 0.466 e. The molecule has 1 aliphatic rings. The minimum absolute atomic E-state index is 0.0703. The summed E-state index contributed by atoms with van der Waals surface area (Å²) >= 11 is 0. The highest BCUT2D eigenvalue weighted by Crippen LogP contribution is 2.45. The number of hydrogen-bond acceptors (Lipinski definition) is 3. The van der Waals surface area contributed by atoms with Gasteiger partial charge >= 0.3 is 5.97 Å². The zero-order valence-electron chi connectivity index (χ0n) is 9.92. The van der Waals surface area contributed by atoms with Gasteiger partial charge in [0.1, 0.15) is 0 Å². The van der Waals surface area contributed by atoms with Gasteiger partial charge < -0.3 is 10.5 Å². The van der Waals surface area contributed by atoms with Crippen molar-refractivity contribution in [3.63, 3.8) is 0 Å². The molecule has 0 amide bonds. The Kier molecular flexibility index (Phi) is 4.58. The first-order chi connectivity index (χ1) is 7.21. The molecule has 0 radical (unpaired) electrons. The Morgan fingerprint density at radius 1 is 1.47 bits per heavy atom. The van der Waals surface area contributed by atoms with Crippen LogP contribution in [0.2, 0.25) is 0 Å². The number of nitrogens with two attached hydrogens (primary N) is 1. The van der Waals surface area contributed by atoms with Crippen molar-refractivity contribution < 1.29 is 9.53 Å². The summed E-state index contributed by atoms with van der Waals surface area (Å²) in [5.74, 6) is 0.389. The van der Waals surface area contributed by atoms with Crippen molar-refractivity contribution in [2.75, 3.05) is 13.2 Å². The van der Waals surface area contributed by atoms with Crippen molar-refractivity contribution in [3.05, 3.63) is 0 Å². The molecule has 1 unspecified atom stereocenters. The molecular weight excluding hydrogens is 190 g/mol. The second-order valence-corrected chi connectivity index (χ2v) is 4.46. The topological polar surface area (TPSA) is 52.3 Å². The predicted octanol–water partition coefficient (Wildman–Crippen LogP) is 2.09. The molecule has 0 aromatic heterocycles. The molecule has 1 fully saturated rings. The molecule has 0 aromatic carbocycles. The molecular formula is C12H23NO2. The average molecular weight is 213 g/mol. The van der Waals surface area contributed by atoms with Gasteiger partial charge in [0, 0.05) is 6.54 Å². The minimum Gasteiger partial charge on any atom is -0.466 e. The van der Waals surface area contributed by atoms with E-state index in [1.165, 1.54) is 6.42 Å². The first-order valence-corrected chi connectivity index (χ1v) is 6.08. The summed E-state index contributed by atoms with van der Waals surface area (Å²) in [4.78, 5) is 12.0. The van der Waals surface area contributed by atoms with E-state index < -0.39 is 0 Å². The predicted molar refractivity (Wildman–Crippen MR) is 60.4 cm³/mol. The van der Waals surface area contributed by atoms with E-state index in [9.17, 15) is 4.79 Å². The van der Waals surface area contributed by atoms with Crippen LogP contribution in [0, 0.1) is 11.3 Å². The zero-order valence-corrected chi connectivity index (χ0v) is 9.92. The van der Waals surface area contributed by atoms with Gasteiger partial charge in [0.2, 0.25) is 0 Å². The van der Waals surface area contributed by atoms with Crippen LogP contribution in [0.1, 0.15) is 46.0 Å². The van der Waals surface area contributed by atoms with Crippen LogP contribution < -0.4 is 5.73 Å². The summed E-state index contributed by atoms with van der Waals surface area (Å²) < 4.78 is 5.19. The third kappa shape index (κ3) is 2.33. The lowest BCUT2D eigenvalue weighted by atomic mass is 9.63. The normalized spacial score (nSPS) is 20.5. The third-order valence-electron chi connectivity index (χ3n) is 3.63. The van der Waals surface area contributed by atoms with Gasteiger partial charge in [-0.15, -0.1) is 0 Å². The molecule has 1 aliphatic carbocycles. The molecule has 0 saturated heterocycles. The molecule has 0 spiro atoms. The maximum atomic E-state index is 12.0. The molecule has 1 saturated carbocycles. The molecule has 15 heavy (non-hydrogen) atoms. The number of carbonyl (C=O) groups excluding carboxylic acids is 1. The van der Waals surface area contributed by atoms with Crippen LogP contribution in [-0.2, 0) is 9.53 Å². The van der Waals surface area contributed by atoms with Crippen LogP contribution in [0.15, 0.2) is 0 Å². The fourth-order valence-electron chi connectivity index (χ4n) is 2.51. The van der Waals surface area contributed by atoms with Crippen molar-refractivity contribution in [2.24, 2.45) is 17.1 Å². The average Bonchev–Trinajstić information content (AvgIpc) is 2.14. The van der Waals surface area contributed by atoms with Gasteiger partial charge in [-0.1, -0.05) is 19.8 Å². The van der Waals surface area contributed by atoms with Crippen LogP contribution in [0.4, 0.5) is 0 Å². The zero-order chi connectivity index (χ0) is 11.3. The SMILES string of the molecule is CCCC(CN)(C(=O)OCC)C1CCC1. The Morgan fingerprint density at radius 3 is 2.47 bits per heavy atom. The highest BCUT2D eigenvalue weighted by molar-refractivity contribution is 5.77. The van der Waals surface area contributed by atoms with E-state index in [1.807, 2.05) is 6.92 Å². The van der Waals surface area contributed by atoms with Crippen molar-refractivity contribution in [3.8, 4) is 0 Å². The third-order valence-corrected chi connectivity index (χ3v) is 3.63. The smallest absolute Gasteiger partial charge is 0.313 e. The van der Waals surface area contributed by atoms with Crippen LogP contribution in [0.3, 0.4) is 0 Å². The van der Waals surface area contributed by atoms with Gasteiger partial charge in [-0.3, -0.25) is 4.79 Å². The van der Waals surface area contributed by atoms with Crippen LogP contribution in [-0.4, -0.2) is 19.1 Å². The molecule has 0 aromatic rings. The summed E-state index contributed by atoms with van der Waals surface area (Å²) in [6.07, 6.45) is 5.36. The first kappa shape index (κ1) is 12.5. The van der Waals surface area contributed by atoms with Crippen LogP contribution in [0.25, 0.3) is 0 Å². The molecule has 1 rings (SSSR count). The van der Waals surface area contributed by atoms with Gasteiger partial charge in [0.05, 0.1) is 12.0 Å². The fraction of sp³-hybridized carbons (Fsp3) is 0.917. The van der Waals surface area contributed by atoms with Gasteiger partial charge in [-0.2, -0.15) is 0 Å². The Morgan fingerprint density at radius 2 is 2.13 bits per heavy atom. The summed E-state index contributed by atoms with van der Waals surface area (Å²) in [5, 5.41) is 0. The molecule has 3 heteroatoms. The Bertz CT molecular complexity index is 214. The van der Waals surface area contributed by atoms with E-state index in [1.54, 1.807) is 0 Å². The summed E-state index contributed by atoms with van der Waals surface area (Å²) in [5.41, 5.74) is 5.45. The van der Waals surface area contributed by atoms with Crippen LogP contribution in [0.5, 0.6) is 0 Å². The number of ether oxygens (including phenoxy) is 1. The van der Waals surface area contributed by atoms with Gasteiger partial charge in [-0.25, -0.2) is 0 Å². The van der Waals surface area contributed by atoms with Crippen LogP contribution >= 0.6 is 0 Å². The summed E-state index contributed by atoms with van der Waals surface area (Å²) in [6, 6.07) is 0. The van der Waals surface area contributed by atoms with Gasteiger partial charge in [0.25, 0.3) is 0 Å². The van der Waals surface area contributed by atoms with Crippen molar-refractivity contribution >= 4 is 5.97 Å². The maximum absolute atomic E-state index is 12.0. The van der Waals surface area contributed by atoms with E-state index >= 15 is 0 Å². The number of rotatable bonds is 6. The Labute approximate surface area is 92.4 Å². The Balaban J connectivity index is 2.76. The van der Waals surface area contributed by atoms with E-state index in [4.69, 9.17) is 10.5 Å². The molecule has 0 aliphatic heterocycles. The molecule has 1 atom stereocenters. The van der Waals surface area contributed by atoms with Gasteiger partial charge in [0.15, 0.2) is 0 Å². The standard InChI is InChI=1S/C12H23NO2/c1-3-8-12(9-13,10-6-5-7-10)11(14)15-4-2/h10H,3-9,13H2,1-2H3. The quantitative estimate of drug-likeness (QED) is 0.687. The van der Waals surface area contributed by atoms with E-state index in [-0.39, 0.29) is 11.4 Å². The molecule has 0 heterocycles. The van der Waals surface area contributed by atoms with E-state index in [0.717, 1.165) is 25.7 Å². The lowest BCUT2D eigenvalue weighted by molar-refractivity contribution is -0.161. The fourth-order valence-corrected chi connectivity index (χ4v) is 2.51. The van der Waals surface area contributed by atoms with Gasteiger partial charge in [-0.05, 0) is 32.1 Å². The number of carbonyl (C=O) groups is 1.